The molecular weight excluding hydrogens is 238 g/mol. The zero-order chi connectivity index (χ0) is 13.5. The number of aldehydes is 1. The van der Waals surface area contributed by atoms with Crippen molar-refractivity contribution in [2.24, 2.45) is 0 Å². The molecule has 0 aromatic heterocycles. The molecule has 0 spiro atoms. The van der Waals surface area contributed by atoms with Gasteiger partial charge in [-0.25, -0.2) is 0 Å². The first-order valence-corrected chi connectivity index (χ1v) is 7.21. The van der Waals surface area contributed by atoms with Crippen LogP contribution >= 0.6 is 0 Å². The molecule has 0 radical (unpaired) electrons. The van der Waals surface area contributed by atoms with Gasteiger partial charge in [0.2, 0.25) is 0 Å². The summed E-state index contributed by atoms with van der Waals surface area (Å²) in [6.07, 6.45) is 5.94. The van der Waals surface area contributed by atoms with Gasteiger partial charge in [-0.1, -0.05) is 6.42 Å². The Labute approximate surface area is 115 Å². The van der Waals surface area contributed by atoms with E-state index in [1.807, 2.05) is 12.1 Å². The maximum absolute atomic E-state index is 10.5. The maximum Gasteiger partial charge on any atom is 0.150 e. The summed E-state index contributed by atoms with van der Waals surface area (Å²) in [4.78, 5) is 13.1. The standard InChI is InChI=1S/C16H23NO2/c1-14-5-2-3-10-17(14)11-4-12-19-16-8-6-15(13-18)7-9-16/h6-9,13-14H,2-5,10-12H2,1H3/t14-/m0/s1. The lowest BCUT2D eigenvalue weighted by Crippen LogP contribution is -2.38. The second kappa shape index (κ2) is 7.29. The minimum atomic E-state index is 0.689. The highest BCUT2D eigenvalue weighted by atomic mass is 16.5. The summed E-state index contributed by atoms with van der Waals surface area (Å²) in [6.45, 7) is 5.41. The average molecular weight is 261 g/mol. The number of hydrogen-bond donors (Lipinski definition) is 0. The van der Waals surface area contributed by atoms with Crippen LogP contribution in [0.4, 0.5) is 0 Å². The maximum atomic E-state index is 10.5. The predicted octanol–water partition coefficient (Wildman–Crippen LogP) is 3.14. The van der Waals surface area contributed by atoms with Gasteiger partial charge in [0.05, 0.1) is 6.61 Å². The molecular formula is C16H23NO2. The highest BCUT2D eigenvalue weighted by Gasteiger charge is 2.17. The van der Waals surface area contributed by atoms with E-state index >= 15 is 0 Å². The third-order valence-electron chi connectivity index (χ3n) is 3.82. The summed E-state index contributed by atoms with van der Waals surface area (Å²) in [6, 6.07) is 8.01. The van der Waals surface area contributed by atoms with Gasteiger partial charge in [-0.3, -0.25) is 4.79 Å². The van der Waals surface area contributed by atoms with E-state index in [0.717, 1.165) is 37.6 Å². The molecule has 2 rings (SSSR count). The molecule has 0 bridgehead atoms. The first kappa shape index (κ1) is 14.1. The number of nitrogens with zero attached hydrogens (tertiary/aromatic N) is 1. The summed E-state index contributed by atoms with van der Waals surface area (Å²) in [7, 11) is 0. The van der Waals surface area contributed by atoms with Gasteiger partial charge in [0.1, 0.15) is 12.0 Å². The molecule has 1 saturated heterocycles. The number of carbonyl (C=O) groups is 1. The van der Waals surface area contributed by atoms with Crippen LogP contribution in [0.25, 0.3) is 0 Å². The molecule has 1 heterocycles. The first-order chi connectivity index (χ1) is 9.29. The number of benzene rings is 1. The molecule has 104 valence electrons. The van der Waals surface area contributed by atoms with Crippen molar-refractivity contribution in [1.29, 1.82) is 0 Å². The van der Waals surface area contributed by atoms with Crippen molar-refractivity contribution in [2.75, 3.05) is 19.7 Å². The van der Waals surface area contributed by atoms with Crippen LogP contribution in [0.1, 0.15) is 43.0 Å². The van der Waals surface area contributed by atoms with E-state index in [4.69, 9.17) is 4.74 Å². The fourth-order valence-electron chi connectivity index (χ4n) is 2.59. The topological polar surface area (TPSA) is 29.5 Å². The van der Waals surface area contributed by atoms with E-state index in [1.165, 1.54) is 25.8 Å². The number of likely N-dealkylation sites (tertiary alicyclic amines) is 1. The number of piperidine rings is 1. The molecule has 3 nitrogen and oxygen atoms in total. The Morgan fingerprint density at radius 1 is 1.32 bits per heavy atom. The molecule has 19 heavy (non-hydrogen) atoms. The molecule has 1 aliphatic heterocycles. The van der Waals surface area contributed by atoms with Crippen molar-refractivity contribution in [3.8, 4) is 5.75 Å². The predicted molar refractivity (Wildman–Crippen MR) is 76.8 cm³/mol. The molecule has 1 atom stereocenters. The molecule has 1 aromatic carbocycles. The van der Waals surface area contributed by atoms with Crippen molar-refractivity contribution < 1.29 is 9.53 Å². The summed E-state index contributed by atoms with van der Waals surface area (Å²) < 4.78 is 5.69. The Balaban J connectivity index is 1.66. The van der Waals surface area contributed by atoms with Crippen LogP contribution in [0, 0.1) is 0 Å². The fourth-order valence-corrected chi connectivity index (χ4v) is 2.59. The lowest BCUT2D eigenvalue weighted by Gasteiger charge is -2.33. The largest absolute Gasteiger partial charge is 0.494 e. The second-order valence-electron chi connectivity index (χ2n) is 5.27. The summed E-state index contributed by atoms with van der Waals surface area (Å²) >= 11 is 0. The van der Waals surface area contributed by atoms with Crippen molar-refractivity contribution in [1.82, 2.24) is 4.90 Å². The normalized spacial score (nSPS) is 20.2. The Hall–Kier alpha value is -1.35. The van der Waals surface area contributed by atoms with E-state index in [9.17, 15) is 4.79 Å². The average Bonchev–Trinajstić information content (AvgIpc) is 2.46. The number of hydrogen-bond acceptors (Lipinski definition) is 3. The van der Waals surface area contributed by atoms with Crippen molar-refractivity contribution in [2.45, 2.75) is 38.6 Å². The minimum absolute atomic E-state index is 0.689. The molecule has 0 saturated carbocycles. The highest BCUT2D eigenvalue weighted by Crippen LogP contribution is 2.16. The zero-order valence-corrected chi connectivity index (χ0v) is 11.7. The van der Waals surface area contributed by atoms with Gasteiger partial charge < -0.3 is 9.64 Å². The van der Waals surface area contributed by atoms with Crippen molar-refractivity contribution in [3.05, 3.63) is 29.8 Å². The van der Waals surface area contributed by atoms with E-state index < -0.39 is 0 Å². The van der Waals surface area contributed by atoms with Crippen LogP contribution in [-0.4, -0.2) is 36.9 Å². The molecule has 0 amide bonds. The Bertz CT molecular complexity index is 388. The summed E-state index contributed by atoms with van der Waals surface area (Å²) in [5.41, 5.74) is 0.689. The Morgan fingerprint density at radius 3 is 2.79 bits per heavy atom. The van der Waals surface area contributed by atoms with Crippen LogP contribution in [0.3, 0.4) is 0 Å². The van der Waals surface area contributed by atoms with E-state index in [1.54, 1.807) is 12.1 Å². The van der Waals surface area contributed by atoms with Gasteiger partial charge in [0, 0.05) is 18.2 Å². The van der Waals surface area contributed by atoms with Gasteiger partial charge >= 0.3 is 0 Å². The zero-order valence-electron chi connectivity index (χ0n) is 11.7. The van der Waals surface area contributed by atoms with Crippen molar-refractivity contribution in [3.63, 3.8) is 0 Å². The Morgan fingerprint density at radius 2 is 2.11 bits per heavy atom. The third-order valence-corrected chi connectivity index (χ3v) is 3.82. The van der Waals surface area contributed by atoms with Gasteiger partial charge in [0.15, 0.2) is 0 Å². The summed E-state index contributed by atoms with van der Waals surface area (Å²) in [5.74, 6) is 0.845. The van der Waals surface area contributed by atoms with Gasteiger partial charge in [-0.2, -0.15) is 0 Å². The molecule has 1 aliphatic rings. The van der Waals surface area contributed by atoms with Crippen LogP contribution < -0.4 is 4.74 Å². The van der Waals surface area contributed by atoms with Crippen LogP contribution in [0.2, 0.25) is 0 Å². The van der Waals surface area contributed by atoms with Crippen LogP contribution in [-0.2, 0) is 0 Å². The highest BCUT2D eigenvalue weighted by molar-refractivity contribution is 5.74. The lowest BCUT2D eigenvalue weighted by molar-refractivity contribution is 0.112. The molecule has 3 heteroatoms. The second-order valence-corrected chi connectivity index (χ2v) is 5.27. The van der Waals surface area contributed by atoms with Gasteiger partial charge in [-0.05, 0) is 57.0 Å². The summed E-state index contributed by atoms with van der Waals surface area (Å²) in [5, 5.41) is 0. The molecule has 0 aliphatic carbocycles. The fraction of sp³-hybridized carbons (Fsp3) is 0.562. The molecule has 0 unspecified atom stereocenters. The Kier molecular flexibility index (Phi) is 5.40. The number of rotatable bonds is 6. The lowest BCUT2D eigenvalue weighted by atomic mass is 10.0. The van der Waals surface area contributed by atoms with E-state index in [-0.39, 0.29) is 0 Å². The monoisotopic (exact) mass is 261 g/mol. The molecule has 1 aromatic rings. The number of ether oxygens (including phenoxy) is 1. The van der Waals surface area contributed by atoms with Gasteiger partial charge in [0.25, 0.3) is 0 Å². The van der Waals surface area contributed by atoms with E-state index in [0.29, 0.717) is 5.56 Å². The van der Waals surface area contributed by atoms with Crippen molar-refractivity contribution >= 4 is 6.29 Å². The van der Waals surface area contributed by atoms with Crippen LogP contribution in [0.5, 0.6) is 5.75 Å². The quantitative estimate of drug-likeness (QED) is 0.582. The smallest absolute Gasteiger partial charge is 0.150 e. The van der Waals surface area contributed by atoms with Crippen LogP contribution in [0.15, 0.2) is 24.3 Å². The van der Waals surface area contributed by atoms with Gasteiger partial charge in [-0.15, -0.1) is 0 Å². The SMILES string of the molecule is C[C@H]1CCCCN1CCCOc1ccc(C=O)cc1. The van der Waals surface area contributed by atoms with E-state index in [2.05, 4.69) is 11.8 Å². The molecule has 1 fully saturated rings. The molecule has 0 N–H and O–H groups in total. The first-order valence-electron chi connectivity index (χ1n) is 7.21. The minimum Gasteiger partial charge on any atom is -0.494 e. The number of carbonyl (C=O) groups excluding carboxylic acids is 1. The third kappa shape index (κ3) is 4.35.